The van der Waals surface area contributed by atoms with Gasteiger partial charge >= 0.3 is 0 Å². The van der Waals surface area contributed by atoms with Gasteiger partial charge in [0, 0.05) is 6.54 Å². The molecule has 1 N–H and O–H groups in total. The van der Waals surface area contributed by atoms with Crippen LogP contribution in [0.4, 0.5) is 0 Å². The number of hydrogen-bond donors (Lipinski definition) is 1. The van der Waals surface area contributed by atoms with Gasteiger partial charge in [-0.1, -0.05) is 12.1 Å². The summed E-state index contributed by atoms with van der Waals surface area (Å²) in [5.41, 5.74) is 0.734. The van der Waals surface area contributed by atoms with E-state index < -0.39 is 0 Å². The fraction of sp³-hybridized carbons (Fsp3) is 0.267. The first-order valence-corrected chi connectivity index (χ1v) is 8.40. The van der Waals surface area contributed by atoms with E-state index in [-0.39, 0.29) is 18.0 Å². The fourth-order valence-electron chi connectivity index (χ4n) is 1.89. The monoisotopic (exact) mass is 443 g/mol. The molecule has 0 bridgehead atoms. The average molecular weight is 445 g/mol. The molecule has 0 radical (unpaired) electrons. The van der Waals surface area contributed by atoms with Crippen LogP contribution in [-0.4, -0.2) is 29.3 Å². The van der Waals surface area contributed by atoms with E-state index in [1.807, 2.05) is 24.3 Å². The summed E-state index contributed by atoms with van der Waals surface area (Å²) in [5, 5.41) is 6.69. The summed E-state index contributed by atoms with van der Waals surface area (Å²) in [4.78, 5) is 23.8. The van der Waals surface area contributed by atoms with Crippen molar-refractivity contribution in [2.45, 2.75) is 13.0 Å². The molecule has 0 aliphatic rings. The summed E-state index contributed by atoms with van der Waals surface area (Å²) in [6.07, 6.45) is 2.16. The minimum atomic E-state index is -0.357. The van der Waals surface area contributed by atoms with Crippen molar-refractivity contribution < 1.29 is 9.53 Å². The van der Waals surface area contributed by atoms with Crippen LogP contribution in [0.15, 0.2) is 44.2 Å². The number of carbonyl (C=O) groups is 1. The predicted octanol–water partition coefficient (Wildman–Crippen LogP) is 2.14. The lowest BCUT2D eigenvalue weighted by atomic mass is 10.1. The SMILES string of the molecule is COc1ccc(CCNC(=O)Cn2ncc(Br)c(Br)c2=O)cc1. The zero-order chi connectivity index (χ0) is 16.8. The van der Waals surface area contributed by atoms with Crippen LogP contribution in [-0.2, 0) is 17.8 Å². The Bertz CT molecular complexity index is 745. The summed E-state index contributed by atoms with van der Waals surface area (Å²) in [6, 6.07) is 7.64. The van der Waals surface area contributed by atoms with Crippen LogP contribution in [0.5, 0.6) is 5.75 Å². The molecule has 2 aromatic rings. The highest BCUT2D eigenvalue weighted by Crippen LogP contribution is 2.16. The van der Waals surface area contributed by atoms with Gasteiger partial charge in [-0.25, -0.2) is 4.68 Å². The predicted molar refractivity (Wildman–Crippen MR) is 93.6 cm³/mol. The first-order valence-electron chi connectivity index (χ1n) is 6.82. The molecule has 1 heterocycles. The van der Waals surface area contributed by atoms with E-state index in [4.69, 9.17) is 4.74 Å². The summed E-state index contributed by atoms with van der Waals surface area (Å²) in [5.74, 6) is 0.534. The Labute approximate surface area is 150 Å². The lowest BCUT2D eigenvalue weighted by molar-refractivity contribution is -0.121. The van der Waals surface area contributed by atoms with E-state index in [1.165, 1.54) is 6.20 Å². The van der Waals surface area contributed by atoms with Gasteiger partial charge in [-0.05, 0) is 56.0 Å². The quantitative estimate of drug-likeness (QED) is 0.740. The van der Waals surface area contributed by atoms with Gasteiger partial charge in [0.1, 0.15) is 16.8 Å². The van der Waals surface area contributed by atoms with E-state index in [9.17, 15) is 9.59 Å². The smallest absolute Gasteiger partial charge is 0.282 e. The highest BCUT2D eigenvalue weighted by atomic mass is 79.9. The van der Waals surface area contributed by atoms with Gasteiger partial charge in [0.25, 0.3) is 5.56 Å². The zero-order valence-corrected chi connectivity index (χ0v) is 15.6. The molecule has 0 aliphatic carbocycles. The highest BCUT2D eigenvalue weighted by Gasteiger charge is 2.10. The van der Waals surface area contributed by atoms with Crippen LogP contribution in [0.25, 0.3) is 0 Å². The third-order valence-electron chi connectivity index (χ3n) is 3.13. The third kappa shape index (κ3) is 4.90. The minimum Gasteiger partial charge on any atom is -0.497 e. The van der Waals surface area contributed by atoms with Crippen molar-refractivity contribution in [1.82, 2.24) is 15.1 Å². The lowest BCUT2D eigenvalue weighted by Gasteiger charge is -2.08. The van der Waals surface area contributed by atoms with Crippen LogP contribution in [0, 0.1) is 0 Å². The number of aromatic nitrogens is 2. The van der Waals surface area contributed by atoms with Crippen molar-refractivity contribution in [3.63, 3.8) is 0 Å². The van der Waals surface area contributed by atoms with Crippen molar-refractivity contribution in [2.24, 2.45) is 0 Å². The molecule has 1 aromatic carbocycles. The van der Waals surface area contributed by atoms with Gasteiger partial charge in [0.15, 0.2) is 0 Å². The first-order chi connectivity index (χ1) is 11.0. The Morgan fingerprint density at radius 1 is 1.30 bits per heavy atom. The van der Waals surface area contributed by atoms with Gasteiger partial charge in [-0.3, -0.25) is 9.59 Å². The molecular weight excluding hydrogens is 430 g/mol. The second kappa shape index (κ2) is 8.26. The molecular formula is C15H15Br2N3O3. The van der Waals surface area contributed by atoms with E-state index in [0.717, 1.165) is 16.0 Å². The van der Waals surface area contributed by atoms with Crippen molar-refractivity contribution in [2.75, 3.05) is 13.7 Å². The number of amides is 1. The number of nitrogens with one attached hydrogen (secondary N) is 1. The zero-order valence-electron chi connectivity index (χ0n) is 12.4. The summed E-state index contributed by atoms with van der Waals surface area (Å²) < 4.78 is 7.10. The second-order valence-corrected chi connectivity index (χ2v) is 6.36. The van der Waals surface area contributed by atoms with E-state index in [2.05, 4.69) is 42.3 Å². The maximum atomic E-state index is 11.9. The molecule has 8 heteroatoms. The van der Waals surface area contributed by atoms with Gasteiger partial charge in [-0.2, -0.15) is 5.10 Å². The molecule has 0 saturated carbocycles. The van der Waals surface area contributed by atoms with Crippen LogP contribution in [0.1, 0.15) is 5.56 Å². The van der Waals surface area contributed by atoms with Crippen molar-refractivity contribution >= 4 is 37.8 Å². The standard InChI is InChI=1S/C15H15Br2N3O3/c1-23-11-4-2-10(3-5-11)6-7-18-13(21)9-20-15(22)14(17)12(16)8-19-20/h2-5,8H,6-7,9H2,1H3,(H,18,21). The molecule has 0 aliphatic heterocycles. The number of methoxy groups -OCH3 is 1. The molecule has 2 rings (SSSR count). The Kier molecular flexibility index (Phi) is 6.35. The number of halogens is 2. The molecule has 0 saturated heterocycles. The maximum absolute atomic E-state index is 11.9. The Morgan fingerprint density at radius 2 is 2.00 bits per heavy atom. The molecule has 6 nitrogen and oxygen atoms in total. The molecule has 0 spiro atoms. The van der Waals surface area contributed by atoms with E-state index in [0.29, 0.717) is 21.9 Å². The lowest BCUT2D eigenvalue weighted by Crippen LogP contribution is -2.34. The second-order valence-electron chi connectivity index (χ2n) is 4.72. The van der Waals surface area contributed by atoms with Gasteiger partial charge in [-0.15, -0.1) is 0 Å². The molecule has 0 fully saturated rings. The topological polar surface area (TPSA) is 73.2 Å². The van der Waals surface area contributed by atoms with Gasteiger partial charge in [0.05, 0.1) is 17.8 Å². The molecule has 23 heavy (non-hydrogen) atoms. The minimum absolute atomic E-state index is 0.118. The normalized spacial score (nSPS) is 10.4. The van der Waals surface area contributed by atoms with Gasteiger partial charge in [0.2, 0.25) is 5.91 Å². The number of rotatable bonds is 6. The van der Waals surface area contributed by atoms with Crippen LogP contribution in [0.2, 0.25) is 0 Å². The summed E-state index contributed by atoms with van der Waals surface area (Å²) in [6.45, 7) is 0.366. The Morgan fingerprint density at radius 3 is 2.65 bits per heavy atom. The van der Waals surface area contributed by atoms with Crippen LogP contribution in [0.3, 0.4) is 0 Å². The van der Waals surface area contributed by atoms with E-state index >= 15 is 0 Å². The van der Waals surface area contributed by atoms with Crippen molar-refractivity contribution in [3.8, 4) is 5.75 Å². The van der Waals surface area contributed by atoms with Crippen molar-refractivity contribution in [3.05, 3.63) is 55.3 Å². The number of benzene rings is 1. The molecule has 122 valence electrons. The summed E-state index contributed by atoms with van der Waals surface area (Å²) in [7, 11) is 1.62. The molecule has 0 atom stereocenters. The van der Waals surface area contributed by atoms with E-state index in [1.54, 1.807) is 7.11 Å². The summed E-state index contributed by atoms with van der Waals surface area (Å²) >= 11 is 6.34. The van der Waals surface area contributed by atoms with Crippen LogP contribution >= 0.6 is 31.9 Å². The highest BCUT2D eigenvalue weighted by molar-refractivity contribution is 9.13. The molecule has 1 amide bonds. The maximum Gasteiger partial charge on any atom is 0.282 e. The number of ether oxygens (including phenoxy) is 1. The Hall–Kier alpha value is -1.67. The average Bonchev–Trinajstić information content (AvgIpc) is 2.56. The van der Waals surface area contributed by atoms with Crippen molar-refractivity contribution in [1.29, 1.82) is 0 Å². The number of hydrogen-bond acceptors (Lipinski definition) is 4. The van der Waals surface area contributed by atoms with Crippen LogP contribution < -0.4 is 15.6 Å². The number of nitrogens with zero attached hydrogens (tertiary/aromatic N) is 2. The molecule has 0 unspecified atom stereocenters. The molecule has 1 aromatic heterocycles. The number of carbonyl (C=O) groups excluding carboxylic acids is 1. The first kappa shape index (κ1) is 17.7. The Balaban J connectivity index is 1.85. The largest absolute Gasteiger partial charge is 0.497 e. The van der Waals surface area contributed by atoms with Gasteiger partial charge < -0.3 is 10.1 Å². The third-order valence-corrected chi connectivity index (χ3v) is 5.03. The fourth-order valence-corrected chi connectivity index (χ4v) is 2.46.